The molecule has 2 N–H and O–H groups in total. The van der Waals surface area contributed by atoms with E-state index in [1.165, 1.54) is 25.3 Å². The van der Waals surface area contributed by atoms with Gasteiger partial charge in [-0.25, -0.2) is 9.78 Å². The molecule has 0 aliphatic rings. The average molecular weight is 379 g/mol. The van der Waals surface area contributed by atoms with E-state index in [1.54, 1.807) is 0 Å². The summed E-state index contributed by atoms with van der Waals surface area (Å²) in [5.74, 6) is -1.07. The molecule has 0 bridgehead atoms. The van der Waals surface area contributed by atoms with E-state index in [4.69, 9.17) is 0 Å². The van der Waals surface area contributed by atoms with E-state index in [0.29, 0.717) is 11.3 Å². The first-order valence-electron chi connectivity index (χ1n) is 7.58. The van der Waals surface area contributed by atoms with Crippen LogP contribution in [0.3, 0.4) is 0 Å². The minimum Gasteiger partial charge on any atom is -0.310 e. The topological polar surface area (TPSA) is 114 Å². The van der Waals surface area contributed by atoms with Gasteiger partial charge in [0.05, 0.1) is 17.5 Å². The van der Waals surface area contributed by atoms with Gasteiger partial charge in [0.2, 0.25) is 11.7 Å². The lowest BCUT2D eigenvalue weighted by Crippen LogP contribution is -2.10. The molecule has 140 valence electrons. The van der Waals surface area contributed by atoms with Gasteiger partial charge in [-0.2, -0.15) is 13.2 Å². The number of rotatable bonds is 4. The van der Waals surface area contributed by atoms with Gasteiger partial charge in [-0.1, -0.05) is 17.3 Å². The molecule has 2 aromatic heterocycles. The quantitative estimate of drug-likeness (QED) is 0.720. The summed E-state index contributed by atoms with van der Waals surface area (Å²) >= 11 is 0. The van der Waals surface area contributed by atoms with Gasteiger partial charge in [0, 0.05) is 13.3 Å². The van der Waals surface area contributed by atoms with Gasteiger partial charge in [0.1, 0.15) is 5.69 Å². The maximum atomic E-state index is 12.7. The second-order valence-corrected chi connectivity index (χ2v) is 5.55. The Morgan fingerprint density at radius 1 is 1.26 bits per heavy atom. The zero-order chi connectivity index (χ0) is 19.6. The number of amides is 1. The second-order valence-electron chi connectivity index (χ2n) is 5.55. The van der Waals surface area contributed by atoms with Crippen molar-refractivity contribution < 1.29 is 22.5 Å². The standard InChI is InChI=1S/C16H12F3N5O3/c1-8(25)21-12-7-20-11(13(22-12)14-23-15(26)27-24-14)6-9-2-4-10(5-3-9)16(17,18)19/h2-5,7H,6H2,1H3,(H,21,22,25)(H,23,24,26). The number of hydrogen-bond acceptors (Lipinski definition) is 6. The Morgan fingerprint density at radius 3 is 2.52 bits per heavy atom. The molecule has 0 saturated heterocycles. The van der Waals surface area contributed by atoms with E-state index < -0.39 is 17.5 Å². The Kier molecular flexibility index (Phi) is 4.75. The zero-order valence-electron chi connectivity index (χ0n) is 13.8. The molecule has 0 unspecified atom stereocenters. The molecule has 0 atom stereocenters. The third kappa shape index (κ3) is 4.37. The Hall–Kier alpha value is -3.50. The molecule has 8 nitrogen and oxygen atoms in total. The third-order valence-electron chi connectivity index (χ3n) is 3.47. The van der Waals surface area contributed by atoms with Crippen LogP contribution >= 0.6 is 0 Å². The lowest BCUT2D eigenvalue weighted by molar-refractivity contribution is -0.137. The SMILES string of the molecule is CC(=O)Nc1cnc(Cc2ccc(C(F)(F)F)cc2)c(-c2noc(=O)[nH]2)n1. The van der Waals surface area contributed by atoms with Gasteiger partial charge in [-0.3, -0.25) is 19.3 Å². The molecule has 0 fully saturated rings. The molecule has 11 heteroatoms. The molecule has 3 rings (SSSR count). The van der Waals surface area contributed by atoms with E-state index >= 15 is 0 Å². The van der Waals surface area contributed by atoms with Crippen molar-refractivity contribution in [3.05, 3.63) is 57.8 Å². The van der Waals surface area contributed by atoms with E-state index in [-0.39, 0.29) is 29.7 Å². The van der Waals surface area contributed by atoms with Crippen LogP contribution in [0, 0.1) is 0 Å². The number of nitrogens with one attached hydrogen (secondary N) is 2. The van der Waals surface area contributed by atoms with Crippen LogP contribution in [0.1, 0.15) is 23.7 Å². The largest absolute Gasteiger partial charge is 0.439 e. The molecule has 1 aromatic carbocycles. The minimum absolute atomic E-state index is 0.0124. The Morgan fingerprint density at radius 2 is 1.96 bits per heavy atom. The monoisotopic (exact) mass is 379 g/mol. The van der Waals surface area contributed by atoms with Gasteiger partial charge >= 0.3 is 11.9 Å². The Bertz CT molecular complexity index is 1020. The van der Waals surface area contributed by atoms with Crippen LogP contribution in [0.4, 0.5) is 19.0 Å². The van der Waals surface area contributed by atoms with Crippen LogP contribution in [-0.4, -0.2) is 26.0 Å². The minimum atomic E-state index is -4.43. The van der Waals surface area contributed by atoms with Gasteiger partial charge in [0.25, 0.3) is 0 Å². The highest BCUT2D eigenvalue weighted by atomic mass is 19.4. The van der Waals surface area contributed by atoms with Crippen molar-refractivity contribution >= 4 is 11.7 Å². The molecule has 0 spiro atoms. The number of H-pyrrole nitrogens is 1. The summed E-state index contributed by atoms with van der Waals surface area (Å²) in [6.45, 7) is 1.29. The number of carbonyl (C=O) groups excluding carboxylic acids is 1. The number of halogens is 3. The van der Waals surface area contributed by atoms with Gasteiger partial charge in [0.15, 0.2) is 5.82 Å². The number of hydrogen-bond donors (Lipinski definition) is 2. The predicted octanol–water partition coefficient (Wildman–Crippen LogP) is 2.39. The van der Waals surface area contributed by atoms with E-state index in [1.807, 2.05) is 0 Å². The first-order valence-corrected chi connectivity index (χ1v) is 7.58. The third-order valence-corrected chi connectivity index (χ3v) is 3.47. The second kappa shape index (κ2) is 7.02. The summed E-state index contributed by atoms with van der Waals surface area (Å²) in [6, 6.07) is 4.57. The van der Waals surface area contributed by atoms with Gasteiger partial charge in [-0.05, 0) is 17.7 Å². The van der Waals surface area contributed by atoms with Crippen molar-refractivity contribution in [3.63, 3.8) is 0 Å². The molecular formula is C16H12F3N5O3. The molecule has 27 heavy (non-hydrogen) atoms. The van der Waals surface area contributed by atoms with E-state index in [2.05, 4.69) is 29.9 Å². The van der Waals surface area contributed by atoms with E-state index in [9.17, 15) is 22.8 Å². The summed E-state index contributed by atoms with van der Waals surface area (Å²) in [5, 5.41) is 6.00. The van der Waals surface area contributed by atoms with Gasteiger partial charge < -0.3 is 5.32 Å². The first-order chi connectivity index (χ1) is 12.7. The fourth-order valence-corrected chi connectivity index (χ4v) is 2.31. The van der Waals surface area contributed by atoms with Crippen LogP contribution in [-0.2, 0) is 17.4 Å². The highest BCUT2D eigenvalue weighted by molar-refractivity contribution is 5.87. The summed E-state index contributed by atoms with van der Waals surface area (Å²) in [7, 11) is 0. The Labute approximate surface area is 149 Å². The van der Waals surface area contributed by atoms with Gasteiger partial charge in [-0.15, -0.1) is 0 Å². The van der Waals surface area contributed by atoms with Crippen LogP contribution in [0.2, 0.25) is 0 Å². The van der Waals surface area contributed by atoms with Crippen LogP contribution in [0.15, 0.2) is 39.8 Å². The molecular weight excluding hydrogens is 367 g/mol. The number of benzene rings is 1. The fourth-order valence-electron chi connectivity index (χ4n) is 2.31. The van der Waals surface area contributed by atoms with Crippen LogP contribution in [0.5, 0.6) is 0 Å². The zero-order valence-corrected chi connectivity index (χ0v) is 13.8. The highest BCUT2D eigenvalue weighted by Gasteiger charge is 2.30. The lowest BCUT2D eigenvalue weighted by Gasteiger charge is -2.10. The van der Waals surface area contributed by atoms with Crippen molar-refractivity contribution in [2.75, 3.05) is 5.32 Å². The number of aromatic nitrogens is 4. The average Bonchev–Trinajstić information content (AvgIpc) is 3.02. The molecule has 0 radical (unpaired) electrons. The molecule has 0 saturated carbocycles. The lowest BCUT2D eigenvalue weighted by atomic mass is 10.1. The number of alkyl halides is 3. The van der Waals surface area contributed by atoms with Crippen LogP contribution < -0.4 is 11.1 Å². The molecule has 0 aliphatic carbocycles. The van der Waals surface area contributed by atoms with Crippen molar-refractivity contribution in [2.24, 2.45) is 0 Å². The maximum absolute atomic E-state index is 12.7. The van der Waals surface area contributed by atoms with Crippen molar-refractivity contribution in [2.45, 2.75) is 19.5 Å². The summed E-state index contributed by atoms with van der Waals surface area (Å²) in [5.41, 5.74) is 0.233. The van der Waals surface area contributed by atoms with E-state index in [0.717, 1.165) is 12.1 Å². The number of carbonyl (C=O) groups is 1. The molecule has 2 heterocycles. The smallest absolute Gasteiger partial charge is 0.310 e. The van der Waals surface area contributed by atoms with Crippen molar-refractivity contribution in [1.29, 1.82) is 0 Å². The maximum Gasteiger partial charge on any atom is 0.439 e. The van der Waals surface area contributed by atoms with Crippen molar-refractivity contribution in [3.8, 4) is 11.5 Å². The Balaban J connectivity index is 1.96. The fraction of sp³-hybridized carbons (Fsp3) is 0.188. The number of aromatic amines is 1. The summed E-state index contributed by atoms with van der Waals surface area (Å²) in [4.78, 5) is 33.1. The normalized spacial score (nSPS) is 11.4. The highest BCUT2D eigenvalue weighted by Crippen LogP contribution is 2.29. The molecule has 1 amide bonds. The molecule has 0 aliphatic heterocycles. The first kappa shape index (κ1) is 18.3. The number of nitrogens with zero attached hydrogens (tertiary/aromatic N) is 3. The van der Waals surface area contributed by atoms with Crippen LogP contribution in [0.25, 0.3) is 11.5 Å². The molecule has 3 aromatic rings. The predicted molar refractivity (Wildman–Crippen MR) is 86.7 cm³/mol. The summed E-state index contributed by atoms with van der Waals surface area (Å²) < 4.78 is 42.5. The summed E-state index contributed by atoms with van der Waals surface area (Å²) in [6.07, 6.45) is -3.01. The number of anilines is 1. The van der Waals surface area contributed by atoms with Crippen molar-refractivity contribution in [1.82, 2.24) is 20.1 Å².